The van der Waals surface area contributed by atoms with Gasteiger partial charge in [-0.2, -0.15) is 0 Å². The molecule has 0 bridgehead atoms. The van der Waals surface area contributed by atoms with Crippen molar-refractivity contribution in [1.29, 1.82) is 0 Å². The molecule has 0 saturated heterocycles. The number of carbonyl (C=O) groups excluding carboxylic acids is 1. The first-order chi connectivity index (χ1) is 21.6. The Balaban J connectivity index is 1.08. The largest absolute Gasteiger partial charge is 0.494 e. The minimum absolute atomic E-state index is 0.00620. The first-order valence-electron chi connectivity index (χ1n) is 16.6. The van der Waals surface area contributed by atoms with Crippen molar-refractivity contribution in [3.63, 3.8) is 0 Å². The molecule has 0 heterocycles. The van der Waals surface area contributed by atoms with Crippen molar-refractivity contribution in [3.8, 4) is 28.0 Å². The average molecular weight is 599 g/mol. The molecule has 3 aromatic carbocycles. The molecule has 3 atom stereocenters. The van der Waals surface area contributed by atoms with Gasteiger partial charge in [-0.15, -0.1) is 0 Å². The number of carbonyl (C=O) groups is 1. The third-order valence-corrected chi connectivity index (χ3v) is 9.07. The molecule has 0 N–H and O–H groups in total. The molecule has 0 spiro atoms. The van der Waals surface area contributed by atoms with Gasteiger partial charge < -0.3 is 14.2 Å². The zero-order valence-electron chi connectivity index (χ0n) is 26.2. The van der Waals surface area contributed by atoms with E-state index >= 15 is 4.39 Å². The zero-order valence-corrected chi connectivity index (χ0v) is 26.2. The van der Waals surface area contributed by atoms with Crippen LogP contribution in [-0.4, -0.2) is 38.1 Å². The molecule has 5 rings (SSSR count). The van der Waals surface area contributed by atoms with E-state index < -0.39 is 6.17 Å². The highest BCUT2D eigenvalue weighted by atomic mass is 19.1. The van der Waals surface area contributed by atoms with Crippen LogP contribution in [0.5, 0.6) is 5.75 Å². The minimum Gasteiger partial charge on any atom is -0.494 e. The van der Waals surface area contributed by atoms with E-state index in [2.05, 4.69) is 74.2 Å². The Morgan fingerprint density at radius 1 is 0.841 bits per heavy atom. The predicted molar refractivity (Wildman–Crippen MR) is 176 cm³/mol. The van der Waals surface area contributed by atoms with Gasteiger partial charge in [0.2, 0.25) is 0 Å². The summed E-state index contributed by atoms with van der Waals surface area (Å²) in [6, 6.07) is 21.8. The van der Waals surface area contributed by atoms with Gasteiger partial charge in [0.05, 0.1) is 19.3 Å². The number of hydrogen-bond acceptors (Lipinski definition) is 4. The third kappa shape index (κ3) is 8.38. The van der Waals surface area contributed by atoms with Crippen LogP contribution in [0.15, 0.2) is 73.3 Å². The van der Waals surface area contributed by atoms with Gasteiger partial charge in [-0.05, 0) is 96.0 Å². The molecule has 0 amide bonds. The molecule has 0 aliphatic heterocycles. The van der Waals surface area contributed by atoms with Gasteiger partial charge in [-0.1, -0.05) is 81.3 Å². The molecule has 4 nitrogen and oxygen atoms in total. The zero-order chi connectivity index (χ0) is 30.7. The van der Waals surface area contributed by atoms with Crippen LogP contribution in [0.2, 0.25) is 0 Å². The smallest absolute Gasteiger partial charge is 0.330 e. The highest BCUT2D eigenvalue weighted by Gasteiger charge is 2.32. The van der Waals surface area contributed by atoms with Gasteiger partial charge in [-0.25, -0.2) is 9.18 Å². The van der Waals surface area contributed by atoms with E-state index in [1.165, 1.54) is 52.3 Å². The number of rotatable bonds is 16. The Labute approximate surface area is 262 Å². The van der Waals surface area contributed by atoms with E-state index in [4.69, 9.17) is 14.2 Å². The van der Waals surface area contributed by atoms with Crippen LogP contribution in [0.1, 0.15) is 93.7 Å². The molecular formula is C39H47FO4. The fourth-order valence-electron chi connectivity index (χ4n) is 6.57. The maximum atomic E-state index is 15.3. The van der Waals surface area contributed by atoms with Crippen LogP contribution in [-0.2, 0) is 20.7 Å². The normalized spacial score (nSPS) is 18.8. The summed E-state index contributed by atoms with van der Waals surface area (Å²) in [5.41, 5.74) is 8.74. The van der Waals surface area contributed by atoms with E-state index in [0.717, 1.165) is 69.3 Å². The quantitative estimate of drug-likeness (QED) is 0.0732. The van der Waals surface area contributed by atoms with E-state index in [1.807, 2.05) is 0 Å². The van der Waals surface area contributed by atoms with Crippen LogP contribution in [0.25, 0.3) is 22.3 Å². The Morgan fingerprint density at radius 2 is 1.55 bits per heavy atom. The maximum Gasteiger partial charge on any atom is 0.330 e. The fraction of sp³-hybridized carbons (Fsp3) is 0.462. The first kappa shape index (κ1) is 32.0. The molecular weight excluding hydrogens is 551 g/mol. The first-order valence-corrected chi connectivity index (χ1v) is 16.6. The highest BCUT2D eigenvalue weighted by molar-refractivity contribution is 5.81. The van der Waals surface area contributed by atoms with Gasteiger partial charge >= 0.3 is 5.97 Å². The number of unbranched alkanes of at least 4 members (excludes halogenated alkanes) is 5. The Hall–Kier alpha value is -3.44. The Morgan fingerprint density at radius 3 is 2.30 bits per heavy atom. The standard InChI is InChI=1S/C39H47FO4/c1-3-5-8-21-42-33-16-19-36-32(26-33)25-31-24-30(15-18-35(31)36)28-11-13-29(14-12-28)37-20-17-34(27-38(37)40)43-22-9-6-7-10-23-44-39(41)4-2/h4,11-16,18-19,24,26,34,37-38H,2-3,5-10,17,20-23,25,27H2,1H3. The summed E-state index contributed by atoms with van der Waals surface area (Å²) in [5, 5.41) is 0. The number of halogens is 1. The molecule has 44 heavy (non-hydrogen) atoms. The van der Waals surface area contributed by atoms with Crippen molar-refractivity contribution in [1.82, 2.24) is 0 Å². The molecule has 234 valence electrons. The summed E-state index contributed by atoms with van der Waals surface area (Å²) in [4.78, 5) is 11.0. The van der Waals surface area contributed by atoms with Crippen molar-refractivity contribution in [2.75, 3.05) is 19.8 Å². The van der Waals surface area contributed by atoms with Crippen molar-refractivity contribution >= 4 is 5.97 Å². The van der Waals surface area contributed by atoms with Crippen molar-refractivity contribution in [3.05, 3.63) is 90.0 Å². The van der Waals surface area contributed by atoms with Gasteiger partial charge in [0.1, 0.15) is 11.9 Å². The third-order valence-electron chi connectivity index (χ3n) is 9.07. The number of esters is 1. The lowest BCUT2D eigenvalue weighted by atomic mass is 9.81. The topological polar surface area (TPSA) is 44.8 Å². The van der Waals surface area contributed by atoms with E-state index in [1.54, 1.807) is 0 Å². The van der Waals surface area contributed by atoms with Gasteiger partial charge in [0.15, 0.2) is 0 Å². The van der Waals surface area contributed by atoms with Crippen molar-refractivity contribution in [2.45, 2.75) is 95.7 Å². The molecule has 3 aromatic rings. The number of alkyl halides is 1. The van der Waals surface area contributed by atoms with Gasteiger partial charge in [0, 0.05) is 25.0 Å². The van der Waals surface area contributed by atoms with Crippen LogP contribution in [0, 0.1) is 0 Å². The Kier molecular flexibility index (Phi) is 11.7. The van der Waals surface area contributed by atoms with E-state index in [-0.39, 0.29) is 18.0 Å². The maximum absolute atomic E-state index is 15.3. The SMILES string of the molecule is C=CC(=O)OCCCCCCOC1CCC(c2ccc(-c3ccc4c(c3)Cc3cc(OCCCCC)ccc3-4)cc2)C(F)C1. The van der Waals surface area contributed by atoms with E-state index in [0.29, 0.717) is 19.6 Å². The summed E-state index contributed by atoms with van der Waals surface area (Å²) < 4.78 is 32.3. The molecule has 2 aliphatic carbocycles. The summed E-state index contributed by atoms with van der Waals surface area (Å²) in [6.07, 6.45) is 10.6. The lowest BCUT2D eigenvalue weighted by Crippen LogP contribution is -2.30. The van der Waals surface area contributed by atoms with Crippen molar-refractivity contribution < 1.29 is 23.4 Å². The predicted octanol–water partition coefficient (Wildman–Crippen LogP) is 9.77. The lowest BCUT2D eigenvalue weighted by Gasteiger charge is -2.32. The number of ether oxygens (including phenoxy) is 3. The van der Waals surface area contributed by atoms with Crippen molar-refractivity contribution in [2.24, 2.45) is 0 Å². The molecule has 3 unspecified atom stereocenters. The summed E-state index contributed by atoms with van der Waals surface area (Å²) in [5.74, 6) is 0.520. The van der Waals surface area contributed by atoms with Crippen LogP contribution < -0.4 is 4.74 Å². The summed E-state index contributed by atoms with van der Waals surface area (Å²) in [7, 11) is 0. The Bertz CT molecular complexity index is 1380. The second kappa shape index (κ2) is 16.0. The minimum atomic E-state index is -0.891. The molecule has 1 fully saturated rings. The summed E-state index contributed by atoms with van der Waals surface area (Å²) >= 11 is 0. The van der Waals surface area contributed by atoms with Crippen LogP contribution in [0.3, 0.4) is 0 Å². The lowest BCUT2D eigenvalue weighted by molar-refractivity contribution is -0.137. The molecule has 0 aromatic heterocycles. The number of hydrogen-bond donors (Lipinski definition) is 0. The summed E-state index contributed by atoms with van der Waals surface area (Å²) in [6.45, 7) is 7.46. The molecule has 0 radical (unpaired) electrons. The highest BCUT2D eigenvalue weighted by Crippen LogP contribution is 2.41. The number of fused-ring (bicyclic) bond motifs is 3. The van der Waals surface area contributed by atoms with E-state index in [9.17, 15) is 4.79 Å². The average Bonchev–Trinajstić information content (AvgIpc) is 3.41. The van der Waals surface area contributed by atoms with Crippen LogP contribution >= 0.6 is 0 Å². The van der Waals surface area contributed by atoms with Crippen LogP contribution in [0.4, 0.5) is 4.39 Å². The molecule has 1 saturated carbocycles. The van der Waals surface area contributed by atoms with Gasteiger partial charge in [-0.3, -0.25) is 0 Å². The molecule has 2 aliphatic rings. The second-order valence-corrected chi connectivity index (χ2v) is 12.3. The fourth-order valence-corrected chi connectivity index (χ4v) is 6.57. The van der Waals surface area contributed by atoms with Gasteiger partial charge in [0.25, 0.3) is 0 Å². The molecule has 5 heteroatoms. The monoisotopic (exact) mass is 598 g/mol. The second-order valence-electron chi connectivity index (χ2n) is 12.3. The number of benzene rings is 3.